The molecular formula is C4H9NOS2. The smallest absolute Gasteiger partial charge is 0.0790 e. The fourth-order valence-electron chi connectivity index (χ4n) is 0.482. The molecule has 1 N–H and O–H groups in total. The lowest BCUT2D eigenvalue weighted by atomic mass is 10.3. The van der Waals surface area contributed by atoms with Crippen LogP contribution in [-0.2, 0) is 4.18 Å². The van der Waals surface area contributed by atoms with Crippen molar-refractivity contribution in [3.63, 3.8) is 0 Å². The highest BCUT2D eigenvalue weighted by Gasteiger charge is 1.95. The molecule has 4 heteroatoms. The zero-order valence-electron chi connectivity index (χ0n) is 4.55. The highest BCUT2D eigenvalue weighted by atomic mass is 33.1. The van der Waals surface area contributed by atoms with Gasteiger partial charge in [0, 0.05) is 17.5 Å². The first kappa shape index (κ1) is 6.74. The van der Waals surface area contributed by atoms with E-state index in [1.165, 1.54) is 23.9 Å². The highest BCUT2D eigenvalue weighted by molar-refractivity contribution is 8.74. The predicted molar refractivity (Wildman–Crippen MR) is 38.4 cm³/mol. The molecule has 0 aromatic carbocycles. The van der Waals surface area contributed by atoms with E-state index in [4.69, 9.17) is 4.18 Å². The van der Waals surface area contributed by atoms with Crippen LogP contribution in [0.3, 0.4) is 0 Å². The Morgan fingerprint density at radius 3 is 3.38 bits per heavy atom. The minimum Gasteiger partial charge on any atom is -0.304 e. The van der Waals surface area contributed by atoms with E-state index < -0.39 is 0 Å². The van der Waals surface area contributed by atoms with Gasteiger partial charge in [0.2, 0.25) is 0 Å². The van der Waals surface area contributed by atoms with Crippen molar-refractivity contribution in [1.29, 1.82) is 0 Å². The van der Waals surface area contributed by atoms with E-state index in [1.54, 1.807) is 11.0 Å². The Labute approximate surface area is 57.5 Å². The summed E-state index contributed by atoms with van der Waals surface area (Å²) < 4.78 is 8.23. The van der Waals surface area contributed by atoms with Crippen molar-refractivity contribution >= 4 is 22.1 Å². The maximum atomic E-state index is 5.09. The Bertz CT molecular complexity index is 38.0. The van der Waals surface area contributed by atoms with Crippen LogP contribution in [0, 0.1) is 0 Å². The van der Waals surface area contributed by atoms with Gasteiger partial charge in [-0.15, -0.1) is 0 Å². The van der Waals surface area contributed by atoms with E-state index in [-0.39, 0.29) is 0 Å². The molecular weight excluding hydrogens is 142 g/mol. The van der Waals surface area contributed by atoms with Gasteiger partial charge < -0.3 is 4.18 Å². The van der Waals surface area contributed by atoms with Crippen molar-refractivity contribution in [2.24, 2.45) is 0 Å². The average molecular weight is 151 g/mol. The predicted octanol–water partition coefficient (Wildman–Crippen LogP) is 1.60. The van der Waals surface area contributed by atoms with Gasteiger partial charge in [0.15, 0.2) is 0 Å². The van der Waals surface area contributed by atoms with Gasteiger partial charge in [-0.3, -0.25) is 4.72 Å². The Kier molecular flexibility index (Phi) is 3.78. The van der Waals surface area contributed by atoms with E-state index >= 15 is 0 Å². The van der Waals surface area contributed by atoms with Crippen LogP contribution in [0.5, 0.6) is 0 Å². The molecule has 1 saturated heterocycles. The summed E-state index contributed by atoms with van der Waals surface area (Å²) >= 11 is 1.43. The Morgan fingerprint density at radius 2 is 2.38 bits per heavy atom. The van der Waals surface area contributed by atoms with E-state index in [2.05, 4.69) is 4.72 Å². The molecule has 0 unspecified atom stereocenters. The molecule has 0 radical (unpaired) electrons. The van der Waals surface area contributed by atoms with Gasteiger partial charge in [-0.2, -0.15) is 0 Å². The molecule has 0 spiro atoms. The van der Waals surface area contributed by atoms with Crippen LogP contribution in [0.15, 0.2) is 0 Å². The van der Waals surface area contributed by atoms with Crippen molar-refractivity contribution in [3.05, 3.63) is 0 Å². The molecule has 0 bridgehead atoms. The Balaban J connectivity index is 2.00. The molecule has 48 valence electrons. The Morgan fingerprint density at radius 1 is 1.38 bits per heavy atom. The maximum Gasteiger partial charge on any atom is 0.0790 e. The van der Waals surface area contributed by atoms with Crippen molar-refractivity contribution in [2.75, 3.05) is 13.2 Å². The number of nitrogens with one attached hydrogen (secondary N) is 1. The lowest BCUT2D eigenvalue weighted by Gasteiger charge is -2.06. The number of hydrogen-bond acceptors (Lipinski definition) is 4. The third-order valence-electron chi connectivity index (χ3n) is 0.898. The molecule has 1 aliphatic rings. The zero-order valence-corrected chi connectivity index (χ0v) is 6.19. The highest BCUT2D eigenvalue weighted by Crippen LogP contribution is 2.20. The average Bonchev–Trinajstić information content (AvgIpc) is 1.62. The molecule has 1 heterocycles. The van der Waals surface area contributed by atoms with Gasteiger partial charge in [0.1, 0.15) is 0 Å². The molecule has 0 atom stereocenters. The molecule has 0 aliphatic carbocycles. The Hall–Kier alpha value is 0.620. The second-order valence-electron chi connectivity index (χ2n) is 1.57. The van der Waals surface area contributed by atoms with Crippen LogP contribution < -0.4 is 4.72 Å². The summed E-state index contributed by atoms with van der Waals surface area (Å²) in [5.74, 6) is 0. The molecule has 1 fully saturated rings. The number of rotatable bonds is 0. The van der Waals surface area contributed by atoms with E-state index in [9.17, 15) is 0 Å². The van der Waals surface area contributed by atoms with Gasteiger partial charge >= 0.3 is 0 Å². The van der Waals surface area contributed by atoms with Crippen LogP contribution in [0.2, 0.25) is 0 Å². The standard InChI is InChI=1S/C4H9NOS2/c1-2-4-6-8-7-5-3-1/h5H,1-4H2. The summed E-state index contributed by atoms with van der Waals surface area (Å²) in [6.07, 6.45) is 2.41. The lowest BCUT2D eigenvalue weighted by Crippen LogP contribution is -2.07. The first-order valence-corrected chi connectivity index (χ1v) is 4.75. The van der Waals surface area contributed by atoms with E-state index in [0.717, 1.165) is 13.2 Å². The van der Waals surface area contributed by atoms with E-state index in [0.29, 0.717) is 0 Å². The molecule has 2 nitrogen and oxygen atoms in total. The second-order valence-corrected chi connectivity index (χ2v) is 3.31. The summed E-state index contributed by atoms with van der Waals surface area (Å²) in [6.45, 7) is 2.01. The van der Waals surface area contributed by atoms with Gasteiger partial charge in [0.25, 0.3) is 0 Å². The quantitative estimate of drug-likeness (QED) is 0.322. The van der Waals surface area contributed by atoms with Crippen molar-refractivity contribution in [2.45, 2.75) is 12.8 Å². The summed E-state index contributed by atoms with van der Waals surface area (Å²) in [7, 11) is 1.57. The minimum atomic E-state index is 0.902. The molecule has 1 rings (SSSR count). The van der Waals surface area contributed by atoms with Crippen molar-refractivity contribution < 1.29 is 4.18 Å². The normalized spacial score (nSPS) is 24.0. The van der Waals surface area contributed by atoms with Crippen LogP contribution in [-0.4, -0.2) is 13.2 Å². The fraction of sp³-hybridized carbons (Fsp3) is 1.00. The molecule has 0 saturated carbocycles. The second kappa shape index (κ2) is 4.49. The zero-order chi connectivity index (χ0) is 5.66. The lowest BCUT2D eigenvalue weighted by molar-refractivity contribution is 0.362. The largest absolute Gasteiger partial charge is 0.304 e. The molecule has 1 aliphatic heterocycles. The number of hydrogen-bond donors (Lipinski definition) is 1. The molecule has 0 aromatic rings. The molecule has 0 aromatic heterocycles. The SMILES string of the molecule is C1CCOSSNC1. The topological polar surface area (TPSA) is 21.3 Å². The summed E-state index contributed by atoms with van der Waals surface area (Å²) in [4.78, 5) is 0. The third kappa shape index (κ3) is 2.81. The summed E-state index contributed by atoms with van der Waals surface area (Å²) in [5.41, 5.74) is 0. The van der Waals surface area contributed by atoms with Gasteiger partial charge in [-0.1, -0.05) is 0 Å². The maximum absolute atomic E-state index is 5.09. The van der Waals surface area contributed by atoms with Gasteiger partial charge in [0.05, 0.1) is 17.7 Å². The fourth-order valence-corrected chi connectivity index (χ4v) is 1.73. The molecule has 0 amide bonds. The van der Waals surface area contributed by atoms with Crippen LogP contribution in [0.1, 0.15) is 12.8 Å². The summed E-state index contributed by atoms with van der Waals surface area (Å²) in [6, 6.07) is 0. The summed E-state index contributed by atoms with van der Waals surface area (Å²) in [5, 5.41) is 0. The van der Waals surface area contributed by atoms with Crippen LogP contribution >= 0.6 is 22.1 Å². The van der Waals surface area contributed by atoms with Gasteiger partial charge in [-0.05, 0) is 12.8 Å². The van der Waals surface area contributed by atoms with E-state index in [1.807, 2.05) is 0 Å². The molecule has 8 heavy (non-hydrogen) atoms. The van der Waals surface area contributed by atoms with Crippen LogP contribution in [0.4, 0.5) is 0 Å². The first-order valence-electron chi connectivity index (χ1n) is 2.68. The monoisotopic (exact) mass is 151 g/mol. The van der Waals surface area contributed by atoms with Crippen molar-refractivity contribution in [1.82, 2.24) is 4.72 Å². The minimum absolute atomic E-state index is 0.902. The first-order chi connectivity index (χ1) is 4.00. The van der Waals surface area contributed by atoms with Crippen molar-refractivity contribution in [3.8, 4) is 0 Å². The third-order valence-corrected chi connectivity index (χ3v) is 2.40. The van der Waals surface area contributed by atoms with Crippen LogP contribution in [0.25, 0.3) is 0 Å². The van der Waals surface area contributed by atoms with Gasteiger partial charge in [-0.25, -0.2) is 0 Å².